The quantitative estimate of drug-likeness (QED) is 0.788. The highest BCUT2D eigenvalue weighted by Crippen LogP contribution is 2.40. The molecule has 132 valence electrons. The summed E-state index contributed by atoms with van der Waals surface area (Å²) in [6.45, 7) is 1.85. The Kier molecular flexibility index (Phi) is 4.90. The van der Waals surface area contributed by atoms with Gasteiger partial charge in [0, 0.05) is 22.5 Å². The van der Waals surface area contributed by atoms with E-state index in [2.05, 4.69) is 10.6 Å². The SMILES string of the molecule is Cc1cc(NC(=O)Nc2sc(S(C)(=O)=O)c3c2CCC=C3)ccc1Cl. The van der Waals surface area contributed by atoms with Crippen LogP contribution in [0.15, 0.2) is 28.5 Å². The number of carbonyl (C=O) groups excluding carboxylic acids is 1. The number of sulfone groups is 1. The van der Waals surface area contributed by atoms with Gasteiger partial charge < -0.3 is 5.32 Å². The molecule has 8 heteroatoms. The van der Waals surface area contributed by atoms with Gasteiger partial charge in [-0.15, -0.1) is 11.3 Å². The maximum atomic E-state index is 12.3. The second kappa shape index (κ2) is 6.82. The molecule has 0 fully saturated rings. The molecule has 0 saturated carbocycles. The zero-order valence-corrected chi connectivity index (χ0v) is 16.1. The number of halogens is 1. The third-order valence-electron chi connectivity index (χ3n) is 3.84. The number of fused-ring (bicyclic) bond motifs is 1. The number of aryl methyl sites for hydroxylation is 1. The lowest BCUT2D eigenvalue weighted by Crippen LogP contribution is -2.19. The zero-order valence-electron chi connectivity index (χ0n) is 13.7. The average Bonchev–Trinajstić information content (AvgIpc) is 2.90. The molecule has 2 aromatic rings. The maximum absolute atomic E-state index is 12.3. The lowest BCUT2D eigenvalue weighted by atomic mass is 10.0. The molecule has 1 heterocycles. The maximum Gasteiger partial charge on any atom is 0.324 e. The molecule has 0 atom stereocenters. The van der Waals surface area contributed by atoms with Gasteiger partial charge >= 0.3 is 6.03 Å². The van der Waals surface area contributed by atoms with Gasteiger partial charge in [0.05, 0.1) is 0 Å². The van der Waals surface area contributed by atoms with E-state index in [0.717, 1.165) is 28.9 Å². The molecule has 3 rings (SSSR count). The Labute approximate surface area is 155 Å². The average molecular weight is 397 g/mol. The summed E-state index contributed by atoms with van der Waals surface area (Å²) in [6, 6.07) is 4.78. The Bertz CT molecular complexity index is 978. The first-order valence-electron chi connectivity index (χ1n) is 7.62. The standard InChI is InChI=1S/C17H17ClN2O3S2/c1-10-9-11(7-8-14(10)18)19-17(21)20-15-12-5-3-4-6-13(12)16(24-15)25(2,22)23/h4,6-9H,3,5H2,1-2H3,(H2,19,20,21). The van der Waals surface area contributed by atoms with Crippen LogP contribution in [0, 0.1) is 6.92 Å². The molecule has 0 bridgehead atoms. The van der Waals surface area contributed by atoms with E-state index >= 15 is 0 Å². The summed E-state index contributed by atoms with van der Waals surface area (Å²) < 4.78 is 24.3. The molecular weight excluding hydrogens is 380 g/mol. The van der Waals surface area contributed by atoms with E-state index in [4.69, 9.17) is 11.6 Å². The normalized spacial score (nSPS) is 13.4. The predicted octanol–water partition coefficient (Wildman–Crippen LogP) is 4.72. The van der Waals surface area contributed by atoms with Gasteiger partial charge in [-0.3, -0.25) is 5.32 Å². The molecular formula is C17H17ClN2O3S2. The van der Waals surface area contributed by atoms with Crippen LogP contribution < -0.4 is 10.6 Å². The zero-order chi connectivity index (χ0) is 18.2. The summed E-state index contributed by atoms with van der Waals surface area (Å²) in [7, 11) is -3.35. The molecule has 1 aliphatic rings. The summed E-state index contributed by atoms with van der Waals surface area (Å²) >= 11 is 7.08. The van der Waals surface area contributed by atoms with Crippen molar-refractivity contribution in [3.05, 3.63) is 46.0 Å². The predicted molar refractivity (Wildman–Crippen MR) is 104 cm³/mol. The highest BCUT2D eigenvalue weighted by atomic mass is 35.5. The number of amides is 2. The number of benzene rings is 1. The molecule has 1 aromatic heterocycles. The Hall–Kier alpha value is -1.83. The van der Waals surface area contributed by atoms with Gasteiger partial charge in [-0.25, -0.2) is 13.2 Å². The molecule has 0 aliphatic heterocycles. The van der Waals surface area contributed by atoms with Crippen LogP contribution in [-0.4, -0.2) is 20.7 Å². The van der Waals surface area contributed by atoms with Crippen LogP contribution in [0.3, 0.4) is 0 Å². The largest absolute Gasteiger partial charge is 0.324 e. The van der Waals surface area contributed by atoms with Crippen molar-refractivity contribution < 1.29 is 13.2 Å². The minimum atomic E-state index is -3.35. The van der Waals surface area contributed by atoms with Crippen LogP contribution >= 0.6 is 22.9 Å². The third kappa shape index (κ3) is 3.89. The van der Waals surface area contributed by atoms with Crippen LogP contribution in [0.25, 0.3) is 6.08 Å². The lowest BCUT2D eigenvalue weighted by Gasteiger charge is -2.11. The second-order valence-corrected chi connectivity index (χ2v) is 9.51. The number of carbonyl (C=O) groups is 1. The summed E-state index contributed by atoms with van der Waals surface area (Å²) in [5, 5.41) is 6.73. The number of anilines is 2. The third-order valence-corrected chi connectivity index (χ3v) is 7.27. The van der Waals surface area contributed by atoms with Crippen molar-refractivity contribution in [2.24, 2.45) is 0 Å². The van der Waals surface area contributed by atoms with E-state index < -0.39 is 15.9 Å². The summed E-state index contributed by atoms with van der Waals surface area (Å²) in [4.78, 5) is 12.3. The van der Waals surface area contributed by atoms with Crippen molar-refractivity contribution >= 4 is 55.6 Å². The molecule has 2 amide bonds. The Morgan fingerprint density at radius 3 is 2.72 bits per heavy atom. The summed E-state index contributed by atoms with van der Waals surface area (Å²) in [5.41, 5.74) is 3.04. The summed E-state index contributed by atoms with van der Waals surface area (Å²) in [6.07, 6.45) is 6.47. The first-order valence-corrected chi connectivity index (χ1v) is 10.7. The lowest BCUT2D eigenvalue weighted by molar-refractivity contribution is 0.262. The van der Waals surface area contributed by atoms with Crippen LogP contribution in [-0.2, 0) is 16.3 Å². The van der Waals surface area contributed by atoms with Crippen molar-refractivity contribution in [2.45, 2.75) is 24.0 Å². The first-order chi connectivity index (χ1) is 11.8. The highest BCUT2D eigenvalue weighted by Gasteiger charge is 2.24. The fourth-order valence-corrected chi connectivity index (χ4v) is 5.19. The van der Waals surface area contributed by atoms with Crippen LogP contribution in [0.5, 0.6) is 0 Å². The fraction of sp³-hybridized carbons (Fsp3) is 0.235. The van der Waals surface area contributed by atoms with Crippen molar-refractivity contribution in [3.63, 3.8) is 0 Å². The van der Waals surface area contributed by atoms with Crippen molar-refractivity contribution in [1.82, 2.24) is 0 Å². The van der Waals surface area contributed by atoms with Gasteiger partial charge in [0.2, 0.25) is 0 Å². The van der Waals surface area contributed by atoms with Crippen molar-refractivity contribution in [2.75, 3.05) is 16.9 Å². The number of nitrogens with one attached hydrogen (secondary N) is 2. The number of hydrogen-bond acceptors (Lipinski definition) is 4. The number of rotatable bonds is 3. The molecule has 2 N–H and O–H groups in total. The van der Waals surface area contributed by atoms with Gasteiger partial charge in [0.25, 0.3) is 0 Å². The highest BCUT2D eigenvalue weighted by molar-refractivity contribution is 7.93. The van der Waals surface area contributed by atoms with E-state index in [1.165, 1.54) is 6.26 Å². The Morgan fingerprint density at radius 1 is 1.28 bits per heavy atom. The topological polar surface area (TPSA) is 75.3 Å². The number of thiophene rings is 1. The summed E-state index contributed by atoms with van der Waals surface area (Å²) in [5.74, 6) is 0. The molecule has 0 saturated heterocycles. The first kappa shape index (κ1) is 18.0. The number of hydrogen-bond donors (Lipinski definition) is 2. The Balaban J connectivity index is 1.85. The molecule has 25 heavy (non-hydrogen) atoms. The second-order valence-electron chi connectivity index (χ2n) is 5.87. The number of allylic oxidation sites excluding steroid dienone is 1. The van der Waals surface area contributed by atoms with Crippen LogP contribution in [0.2, 0.25) is 5.02 Å². The minimum absolute atomic E-state index is 0.288. The molecule has 0 spiro atoms. The van der Waals surface area contributed by atoms with Gasteiger partial charge in [-0.1, -0.05) is 23.8 Å². The molecule has 1 aromatic carbocycles. The van der Waals surface area contributed by atoms with E-state index in [1.54, 1.807) is 18.2 Å². The van der Waals surface area contributed by atoms with Gasteiger partial charge in [0.1, 0.15) is 9.21 Å². The van der Waals surface area contributed by atoms with Crippen LogP contribution in [0.4, 0.5) is 15.5 Å². The minimum Gasteiger partial charge on any atom is -0.308 e. The van der Waals surface area contributed by atoms with Crippen LogP contribution in [0.1, 0.15) is 23.1 Å². The fourth-order valence-electron chi connectivity index (χ4n) is 2.66. The van der Waals surface area contributed by atoms with E-state index in [-0.39, 0.29) is 4.21 Å². The van der Waals surface area contributed by atoms with Gasteiger partial charge in [-0.05, 0) is 49.1 Å². The van der Waals surface area contributed by atoms with Crippen molar-refractivity contribution in [3.8, 4) is 0 Å². The smallest absolute Gasteiger partial charge is 0.308 e. The van der Waals surface area contributed by atoms with Gasteiger partial charge in [-0.2, -0.15) is 0 Å². The molecule has 1 aliphatic carbocycles. The van der Waals surface area contributed by atoms with E-state index in [1.807, 2.05) is 19.1 Å². The molecule has 5 nitrogen and oxygen atoms in total. The van der Waals surface area contributed by atoms with Gasteiger partial charge in [0.15, 0.2) is 9.84 Å². The molecule has 0 radical (unpaired) electrons. The van der Waals surface area contributed by atoms with E-state index in [0.29, 0.717) is 27.7 Å². The molecule has 0 unspecified atom stereocenters. The number of urea groups is 1. The van der Waals surface area contributed by atoms with E-state index in [9.17, 15) is 13.2 Å². The van der Waals surface area contributed by atoms with Crippen molar-refractivity contribution in [1.29, 1.82) is 0 Å². The monoisotopic (exact) mass is 396 g/mol. The Morgan fingerprint density at radius 2 is 2.04 bits per heavy atom.